The molecular weight excluding hydrogens is 681 g/mol. The third kappa shape index (κ3) is 11.2. The van der Waals surface area contributed by atoms with E-state index >= 15 is 0 Å². The fourth-order valence-corrected chi connectivity index (χ4v) is 7.98. The number of thiazole rings is 1. The Balaban J connectivity index is 1.83. The number of nitrogens with one attached hydrogen (secondary N) is 1. The van der Waals surface area contributed by atoms with E-state index in [1.54, 1.807) is 24.3 Å². The predicted molar refractivity (Wildman–Crippen MR) is 203 cm³/mol. The quantitative estimate of drug-likeness (QED) is 0.155. The number of aliphatic carboxylic acids is 1. The van der Waals surface area contributed by atoms with Crippen molar-refractivity contribution >= 4 is 40.9 Å². The van der Waals surface area contributed by atoms with Gasteiger partial charge in [0.15, 0.2) is 11.9 Å². The lowest BCUT2D eigenvalue weighted by atomic mass is 9.80. The first-order chi connectivity index (χ1) is 24.4. The highest BCUT2D eigenvalue weighted by atomic mass is 32.1. The predicted octanol–water partition coefficient (Wildman–Crippen LogP) is 6.49. The smallest absolute Gasteiger partial charge is 0.306 e. The van der Waals surface area contributed by atoms with Gasteiger partial charge in [-0.2, -0.15) is 0 Å². The lowest BCUT2D eigenvalue weighted by molar-refractivity contribution is -0.150. The number of ketones is 1. The van der Waals surface area contributed by atoms with E-state index in [1.807, 2.05) is 72.9 Å². The maximum absolute atomic E-state index is 14.3. The monoisotopic (exact) mass is 740 g/mol. The molecule has 0 spiro atoms. The number of esters is 1. The SMILES string of the molecule is CC[C@H](C)[C@H](CC(=O)[C@@]1(C)CCCN1C)C(=O)N(C)[C@H](C[C@@H](OC(C)=O)c1nc(C(=O)N[C@@H](Cc2ccc(C)cc2)C[C@H](C)C(=O)O)cs1)C(C)C. The molecule has 52 heavy (non-hydrogen) atoms. The molecule has 0 bridgehead atoms. The van der Waals surface area contributed by atoms with E-state index in [9.17, 15) is 29.1 Å². The van der Waals surface area contributed by atoms with Crippen LogP contribution in [0.15, 0.2) is 29.6 Å². The number of carbonyl (C=O) groups excluding carboxylic acids is 4. The van der Waals surface area contributed by atoms with Crippen molar-refractivity contribution in [3.63, 3.8) is 0 Å². The summed E-state index contributed by atoms with van der Waals surface area (Å²) in [5, 5.41) is 14.6. The van der Waals surface area contributed by atoms with Crippen LogP contribution in [-0.2, 0) is 30.3 Å². The Morgan fingerprint density at radius 2 is 1.75 bits per heavy atom. The Hall–Kier alpha value is -3.64. The molecule has 0 saturated carbocycles. The maximum Gasteiger partial charge on any atom is 0.306 e. The normalized spacial score (nSPS) is 19.7. The van der Waals surface area contributed by atoms with Crippen LogP contribution in [0.2, 0.25) is 0 Å². The van der Waals surface area contributed by atoms with Crippen LogP contribution in [0.25, 0.3) is 0 Å². The second-order valence-electron chi connectivity index (χ2n) is 15.4. The van der Waals surface area contributed by atoms with Gasteiger partial charge < -0.3 is 20.1 Å². The van der Waals surface area contributed by atoms with E-state index in [4.69, 9.17) is 4.74 Å². The van der Waals surface area contributed by atoms with Gasteiger partial charge in [-0.3, -0.25) is 28.9 Å². The van der Waals surface area contributed by atoms with Gasteiger partial charge in [0.1, 0.15) is 10.7 Å². The summed E-state index contributed by atoms with van der Waals surface area (Å²) in [7, 11) is 3.73. The standard InChI is InChI=1S/C40H60N4O7S/c1-11-26(5)31(21-35(46)40(8)17-12-18-43(40)9)38(48)44(10)33(24(2)3)22-34(51-28(7)45)37-42-32(23-52-37)36(47)41-30(19-27(6)39(49)50)20-29-15-13-25(4)14-16-29/h13-16,23-24,26-27,30-31,33-34H,11-12,17-22H2,1-10H3,(H,41,47)(H,49,50)/t26-,27-,30+,31-,33+,34+,40+/m0/s1. The van der Waals surface area contributed by atoms with Crippen LogP contribution < -0.4 is 5.32 Å². The minimum Gasteiger partial charge on any atom is -0.481 e. The van der Waals surface area contributed by atoms with Crippen LogP contribution in [0.3, 0.4) is 0 Å². The number of aryl methyl sites for hydroxylation is 1. The number of likely N-dealkylation sites (tertiary alicyclic amines) is 1. The topological polar surface area (TPSA) is 146 Å². The molecule has 0 aliphatic carbocycles. The Kier molecular flexibility index (Phi) is 15.6. The molecule has 2 heterocycles. The Morgan fingerprint density at radius 1 is 1.10 bits per heavy atom. The molecule has 3 rings (SSSR count). The second-order valence-corrected chi connectivity index (χ2v) is 16.3. The van der Waals surface area contributed by atoms with Crippen molar-refractivity contribution in [2.75, 3.05) is 20.6 Å². The van der Waals surface area contributed by atoms with Crippen LogP contribution >= 0.6 is 11.3 Å². The summed E-state index contributed by atoms with van der Waals surface area (Å²) in [5.41, 5.74) is 1.64. The molecule has 2 N–H and O–H groups in total. The summed E-state index contributed by atoms with van der Waals surface area (Å²) < 4.78 is 5.79. The Morgan fingerprint density at radius 3 is 2.29 bits per heavy atom. The first kappa shape index (κ1) is 42.8. The first-order valence-corrected chi connectivity index (χ1v) is 19.5. The maximum atomic E-state index is 14.3. The number of amides is 2. The van der Waals surface area contributed by atoms with Crippen LogP contribution in [0.4, 0.5) is 0 Å². The van der Waals surface area contributed by atoms with E-state index in [1.165, 1.54) is 18.3 Å². The average molecular weight is 741 g/mol. The number of rotatable bonds is 19. The van der Waals surface area contributed by atoms with Crippen LogP contribution in [0.5, 0.6) is 0 Å². The molecule has 12 heteroatoms. The number of Topliss-reactive ketones (excluding diaryl/α,β-unsaturated/α-hetero) is 1. The van der Waals surface area contributed by atoms with E-state index in [-0.39, 0.29) is 54.5 Å². The van der Waals surface area contributed by atoms with Crippen molar-refractivity contribution in [3.05, 3.63) is 51.5 Å². The van der Waals surface area contributed by atoms with Gasteiger partial charge in [0.25, 0.3) is 5.91 Å². The largest absolute Gasteiger partial charge is 0.481 e. The molecule has 0 unspecified atom stereocenters. The van der Waals surface area contributed by atoms with Gasteiger partial charge in [-0.1, -0.05) is 70.9 Å². The van der Waals surface area contributed by atoms with Gasteiger partial charge >= 0.3 is 11.9 Å². The molecule has 1 aromatic carbocycles. The van der Waals surface area contributed by atoms with E-state index in [0.717, 1.165) is 36.9 Å². The minimum atomic E-state index is -0.941. The highest BCUT2D eigenvalue weighted by molar-refractivity contribution is 7.09. The van der Waals surface area contributed by atoms with Crippen LogP contribution in [0.1, 0.15) is 120 Å². The first-order valence-electron chi connectivity index (χ1n) is 18.6. The highest BCUT2D eigenvalue weighted by Gasteiger charge is 2.44. The lowest BCUT2D eigenvalue weighted by Crippen LogP contribution is -2.50. The molecule has 0 radical (unpaired) electrons. The molecule has 11 nitrogen and oxygen atoms in total. The number of hydrogen-bond donors (Lipinski definition) is 2. The van der Waals surface area contributed by atoms with Gasteiger partial charge in [-0.15, -0.1) is 11.3 Å². The number of benzene rings is 1. The summed E-state index contributed by atoms with van der Waals surface area (Å²) in [6.45, 7) is 15.8. The Labute approximate surface area is 313 Å². The van der Waals surface area contributed by atoms with Crippen LogP contribution in [0, 0.1) is 30.6 Å². The summed E-state index contributed by atoms with van der Waals surface area (Å²) in [6.07, 6.45) is 2.76. The van der Waals surface area contributed by atoms with Crippen molar-refractivity contribution in [2.45, 2.75) is 124 Å². The van der Waals surface area contributed by atoms with Gasteiger partial charge in [0, 0.05) is 50.2 Å². The van der Waals surface area contributed by atoms with Crippen molar-refractivity contribution in [1.29, 1.82) is 0 Å². The molecule has 2 aromatic rings. The molecule has 7 atom stereocenters. The molecule has 1 aromatic heterocycles. The number of carboxylic acid groups (broad SMARTS) is 1. The van der Waals surface area contributed by atoms with Crippen LogP contribution in [-0.4, -0.2) is 87.7 Å². The van der Waals surface area contributed by atoms with E-state index in [0.29, 0.717) is 11.4 Å². The molecule has 1 aliphatic heterocycles. The fourth-order valence-electron chi connectivity index (χ4n) is 7.14. The van der Waals surface area contributed by atoms with E-state index in [2.05, 4.69) is 15.2 Å². The highest BCUT2D eigenvalue weighted by Crippen LogP contribution is 2.35. The zero-order chi connectivity index (χ0) is 38.9. The number of carbonyl (C=O) groups is 5. The summed E-state index contributed by atoms with van der Waals surface area (Å²) in [4.78, 5) is 74.0. The zero-order valence-electron chi connectivity index (χ0n) is 32.7. The molecule has 1 saturated heterocycles. The summed E-state index contributed by atoms with van der Waals surface area (Å²) in [6, 6.07) is 7.07. The van der Waals surface area contributed by atoms with Crippen molar-refractivity contribution in [1.82, 2.24) is 20.1 Å². The van der Waals surface area contributed by atoms with Gasteiger partial charge in [0.05, 0.1) is 11.5 Å². The number of ether oxygens (including phenoxy) is 1. The Bertz CT molecular complexity index is 1540. The molecule has 2 amide bonds. The van der Waals surface area contributed by atoms with Crippen molar-refractivity contribution in [3.8, 4) is 0 Å². The molecule has 288 valence electrons. The van der Waals surface area contributed by atoms with Crippen molar-refractivity contribution in [2.24, 2.45) is 23.7 Å². The summed E-state index contributed by atoms with van der Waals surface area (Å²) in [5.74, 6) is -3.13. The van der Waals surface area contributed by atoms with Crippen molar-refractivity contribution < 1.29 is 33.8 Å². The third-order valence-corrected chi connectivity index (χ3v) is 12.0. The summed E-state index contributed by atoms with van der Waals surface area (Å²) >= 11 is 1.19. The lowest BCUT2D eigenvalue weighted by Gasteiger charge is -2.38. The van der Waals surface area contributed by atoms with Gasteiger partial charge in [0.2, 0.25) is 5.91 Å². The fraction of sp³-hybridized carbons (Fsp3) is 0.650. The molecule has 1 fully saturated rings. The van der Waals surface area contributed by atoms with Gasteiger partial charge in [-0.25, -0.2) is 4.98 Å². The number of likely N-dealkylation sites (N-methyl/N-ethyl adjacent to an activating group) is 1. The third-order valence-electron chi connectivity index (χ3n) is 11.1. The van der Waals surface area contributed by atoms with E-state index < -0.39 is 47.4 Å². The second kappa shape index (κ2) is 18.9. The minimum absolute atomic E-state index is 0.0142. The number of carboxylic acids is 1. The average Bonchev–Trinajstić information content (AvgIpc) is 3.72. The number of nitrogens with zero attached hydrogens (tertiary/aromatic N) is 3. The number of aromatic nitrogens is 1. The number of hydrogen-bond acceptors (Lipinski definition) is 9. The molecular formula is C40H60N4O7S. The molecule has 1 aliphatic rings. The van der Waals surface area contributed by atoms with Gasteiger partial charge in [-0.05, 0) is 70.5 Å². The zero-order valence-corrected chi connectivity index (χ0v) is 33.5.